The molecule has 2 N–H and O–H groups in total. The number of rotatable bonds is 1. The van der Waals surface area contributed by atoms with Gasteiger partial charge >= 0.3 is 0 Å². The summed E-state index contributed by atoms with van der Waals surface area (Å²) in [6, 6.07) is 1.40. The van der Waals surface area contributed by atoms with E-state index in [4.69, 9.17) is 5.73 Å². The van der Waals surface area contributed by atoms with Crippen LogP contribution < -0.4 is 5.73 Å². The van der Waals surface area contributed by atoms with Crippen LogP contribution in [0.2, 0.25) is 0 Å². The number of nitrogens with zero attached hydrogens (tertiary/aromatic N) is 1. The number of likely N-dealkylation sites (tertiary alicyclic amines) is 1. The van der Waals surface area contributed by atoms with E-state index >= 15 is 0 Å². The number of hydrogen-bond acceptors (Lipinski definition) is 2. The van der Waals surface area contributed by atoms with Crippen molar-refractivity contribution in [3.63, 3.8) is 0 Å². The van der Waals surface area contributed by atoms with Gasteiger partial charge < -0.3 is 5.73 Å². The molecule has 1 rings (SSSR count). The topological polar surface area (TPSA) is 29.3 Å². The van der Waals surface area contributed by atoms with Crippen molar-refractivity contribution in [1.29, 1.82) is 0 Å². The van der Waals surface area contributed by atoms with Gasteiger partial charge in [-0.3, -0.25) is 4.90 Å². The third-order valence-electron chi connectivity index (χ3n) is 2.46. The average molecular weight is 201 g/mol. The molecule has 0 aromatic rings. The van der Waals surface area contributed by atoms with Crippen LogP contribution >= 0.6 is 24.8 Å². The van der Waals surface area contributed by atoms with Gasteiger partial charge in [0.2, 0.25) is 0 Å². The van der Waals surface area contributed by atoms with Gasteiger partial charge in [-0.05, 0) is 26.8 Å². The van der Waals surface area contributed by atoms with Crippen LogP contribution in [-0.4, -0.2) is 30.6 Å². The van der Waals surface area contributed by atoms with Gasteiger partial charge in [0.15, 0.2) is 0 Å². The molecule has 1 fully saturated rings. The first-order chi connectivity index (χ1) is 4.25. The Morgan fingerprint density at radius 2 is 1.91 bits per heavy atom. The van der Waals surface area contributed by atoms with Gasteiger partial charge in [0.25, 0.3) is 0 Å². The van der Waals surface area contributed by atoms with E-state index < -0.39 is 0 Å². The molecule has 1 aliphatic rings. The third-order valence-corrected chi connectivity index (χ3v) is 2.46. The van der Waals surface area contributed by atoms with Gasteiger partial charge in [-0.2, -0.15) is 0 Å². The van der Waals surface area contributed by atoms with Crippen molar-refractivity contribution in [1.82, 2.24) is 4.90 Å². The molecule has 4 heteroatoms. The second kappa shape index (κ2) is 6.06. The zero-order valence-electron chi connectivity index (χ0n) is 7.12. The van der Waals surface area contributed by atoms with Gasteiger partial charge in [-0.25, -0.2) is 0 Å². The highest BCUT2D eigenvalue weighted by atomic mass is 35.5. The first-order valence-electron chi connectivity index (χ1n) is 3.67. The van der Waals surface area contributed by atoms with Crippen molar-refractivity contribution in [3.05, 3.63) is 0 Å². The van der Waals surface area contributed by atoms with Crippen molar-refractivity contribution in [2.24, 2.45) is 5.73 Å². The average Bonchev–Trinajstić information content (AvgIpc) is 2.15. The maximum absolute atomic E-state index is 5.54. The Kier molecular flexibility index (Phi) is 7.75. The largest absolute Gasteiger partial charge is 0.329 e. The molecule has 0 spiro atoms. The monoisotopic (exact) mass is 200 g/mol. The van der Waals surface area contributed by atoms with Crippen molar-refractivity contribution < 1.29 is 0 Å². The van der Waals surface area contributed by atoms with Crippen LogP contribution in [0.5, 0.6) is 0 Å². The summed E-state index contributed by atoms with van der Waals surface area (Å²) in [5.41, 5.74) is 5.54. The van der Waals surface area contributed by atoms with E-state index in [9.17, 15) is 0 Å². The number of likely N-dealkylation sites (N-methyl/N-ethyl adjacent to an activating group) is 1. The Hall–Kier alpha value is 0.500. The fraction of sp³-hybridized carbons (Fsp3) is 1.00. The second-order valence-corrected chi connectivity index (χ2v) is 2.98. The van der Waals surface area contributed by atoms with Crippen LogP contribution in [0.25, 0.3) is 0 Å². The lowest BCUT2D eigenvalue weighted by Crippen LogP contribution is -2.35. The summed E-state index contributed by atoms with van der Waals surface area (Å²) in [5.74, 6) is 0. The van der Waals surface area contributed by atoms with Gasteiger partial charge in [0, 0.05) is 18.6 Å². The van der Waals surface area contributed by atoms with Gasteiger partial charge in [0.1, 0.15) is 0 Å². The molecule has 0 radical (unpaired) electrons. The van der Waals surface area contributed by atoms with E-state index in [2.05, 4.69) is 18.9 Å². The molecule has 0 aliphatic carbocycles. The van der Waals surface area contributed by atoms with Crippen LogP contribution in [0.1, 0.15) is 19.8 Å². The fourth-order valence-electron chi connectivity index (χ4n) is 1.48. The van der Waals surface area contributed by atoms with E-state index in [1.807, 2.05) is 0 Å². The molecule has 0 bridgehead atoms. The normalized spacial score (nSPS) is 30.8. The summed E-state index contributed by atoms with van der Waals surface area (Å²) >= 11 is 0. The molecule has 0 aromatic heterocycles. The predicted octanol–water partition coefficient (Wildman–Crippen LogP) is 1.27. The molecular weight excluding hydrogens is 183 g/mol. The standard InChI is InChI=1S/C7H16N2.2ClH/c1-6-3-4-7(5-8)9(6)2;;/h6-7H,3-5,8H2,1-2H3;2*1H/t6-,7-;;/m1../s1. The first kappa shape index (κ1) is 14.0. The van der Waals surface area contributed by atoms with E-state index in [0.717, 1.165) is 12.6 Å². The first-order valence-corrected chi connectivity index (χ1v) is 3.67. The molecule has 0 aromatic carbocycles. The van der Waals surface area contributed by atoms with Crippen molar-refractivity contribution in [2.75, 3.05) is 13.6 Å². The molecule has 2 nitrogen and oxygen atoms in total. The molecule has 1 saturated heterocycles. The Balaban J connectivity index is 0. The molecular formula is C7H18Cl2N2. The molecule has 0 unspecified atom stereocenters. The van der Waals surface area contributed by atoms with E-state index in [1.165, 1.54) is 12.8 Å². The van der Waals surface area contributed by atoms with Crippen LogP contribution in [0.15, 0.2) is 0 Å². The summed E-state index contributed by atoms with van der Waals surface area (Å²) in [7, 11) is 2.16. The summed E-state index contributed by atoms with van der Waals surface area (Å²) in [6.07, 6.45) is 2.60. The van der Waals surface area contributed by atoms with Crippen LogP contribution in [0.4, 0.5) is 0 Å². The van der Waals surface area contributed by atoms with Crippen molar-refractivity contribution in [3.8, 4) is 0 Å². The van der Waals surface area contributed by atoms with Crippen LogP contribution in [0, 0.1) is 0 Å². The lowest BCUT2D eigenvalue weighted by atomic mass is 10.2. The summed E-state index contributed by atoms with van der Waals surface area (Å²) in [4.78, 5) is 2.38. The predicted molar refractivity (Wildman–Crippen MR) is 53.8 cm³/mol. The molecule has 0 saturated carbocycles. The Labute approximate surface area is 81.3 Å². The maximum Gasteiger partial charge on any atom is 0.0218 e. The highest BCUT2D eigenvalue weighted by Crippen LogP contribution is 2.20. The minimum absolute atomic E-state index is 0. The van der Waals surface area contributed by atoms with Gasteiger partial charge in [-0.15, -0.1) is 24.8 Å². The minimum atomic E-state index is 0. The van der Waals surface area contributed by atoms with E-state index in [1.54, 1.807) is 0 Å². The fourth-order valence-corrected chi connectivity index (χ4v) is 1.48. The Morgan fingerprint density at radius 3 is 2.09 bits per heavy atom. The SMILES string of the molecule is C[C@@H]1CC[C@H](CN)N1C.Cl.Cl. The summed E-state index contributed by atoms with van der Waals surface area (Å²) in [6.45, 7) is 3.08. The lowest BCUT2D eigenvalue weighted by Gasteiger charge is -2.21. The molecule has 1 aliphatic heterocycles. The summed E-state index contributed by atoms with van der Waals surface area (Å²) < 4.78 is 0. The number of halogens is 2. The van der Waals surface area contributed by atoms with E-state index in [-0.39, 0.29) is 24.8 Å². The zero-order chi connectivity index (χ0) is 6.85. The minimum Gasteiger partial charge on any atom is -0.329 e. The maximum atomic E-state index is 5.54. The molecule has 0 amide bonds. The van der Waals surface area contributed by atoms with Crippen LogP contribution in [-0.2, 0) is 0 Å². The Bertz CT molecular complexity index is 100. The zero-order valence-corrected chi connectivity index (χ0v) is 8.75. The molecule has 11 heavy (non-hydrogen) atoms. The van der Waals surface area contributed by atoms with Crippen molar-refractivity contribution in [2.45, 2.75) is 31.8 Å². The second-order valence-electron chi connectivity index (χ2n) is 2.98. The smallest absolute Gasteiger partial charge is 0.0218 e. The summed E-state index contributed by atoms with van der Waals surface area (Å²) in [5, 5.41) is 0. The van der Waals surface area contributed by atoms with Crippen LogP contribution in [0.3, 0.4) is 0 Å². The van der Waals surface area contributed by atoms with Gasteiger partial charge in [0.05, 0.1) is 0 Å². The third kappa shape index (κ3) is 3.16. The number of nitrogens with two attached hydrogens (primary N) is 1. The molecule has 70 valence electrons. The molecule has 2 atom stereocenters. The van der Waals surface area contributed by atoms with Gasteiger partial charge in [-0.1, -0.05) is 0 Å². The number of hydrogen-bond donors (Lipinski definition) is 1. The van der Waals surface area contributed by atoms with E-state index in [0.29, 0.717) is 6.04 Å². The highest BCUT2D eigenvalue weighted by Gasteiger charge is 2.25. The quantitative estimate of drug-likeness (QED) is 0.692. The Morgan fingerprint density at radius 1 is 1.36 bits per heavy atom. The van der Waals surface area contributed by atoms with Crippen molar-refractivity contribution >= 4 is 24.8 Å². The highest BCUT2D eigenvalue weighted by molar-refractivity contribution is 5.85. The lowest BCUT2D eigenvalue weighted by molar-refractivity contribution is 0.258. The molecule has 1 heterocycles.